The van der Waals surface area contributed by atoms with Crippen LogP contribution in [0, 0.1) is 44.3 Å². The molecule has 3 fully saturated rings. The molecule has 5 aliphatic rings. The molecule has 0 heterocycles. The summed E-state index contributed by atoms with van der Waals surface area (Å²) in [4.78, 5) is 50.4. The second-order valence-electron chi connectivity index (χ2n) is 19.5. The average Bonchev–Trinajstić information content (AvgIpc) is 3.13. The van der Waals surface area contributed by atoms with E-state index in [1.54, 1.807) is 41.5 Å². The highest BCUT2D eigenvalue weighted by Gasteiger charge is 2.66. The quantitative estimate of drug-likeness (QED) is 0.212. The van der Waals surface area contributed by atoms with Gasteiger partial charge in [0, 0.05) is 10.8 Å². The van der Waals surface area contributed by atoms with E-state index < -0.39 is 23.9 Å². The summed E-state index contributed by atoms with van der Waals surface area (Å²) in [7, 11) is 0. The molecule has 0 bridgehead atoms. The zero-order valence-corrected chi connectivity index (χ0v) is 33.2. The van der Waals surface area contributed by atoms with E-state index in [1.165, 1.54) is 31.0 Å². The fourth-order valence-electron chi connectivity index (χ4n) is 12.9. The highest BCUT2D eigenvalue weighted by Crippen LogP contribution is 2.75. The fraction of sp³-hybridized carbons (Fsp3) is 0.609. The van der Waals surface area contributed by atoms with Gasteiger partial charge in [0.15, 0.2) is 0 Å². The van der Waals surface area contributed by atoms with Crippen LogP contribution >= 0.6 is 0 Å². The lowest BCUT2D eigenvalue weighted by molar-refractivity contribution is -0.161. The predicted octanol–water partition coefficient (Wildman–Crippen LogP) is 10.4. The Morgan fingerprint density at radius 3 is 1.83 bits per heavy atom. The molecule has 0 amide bonds. The molecule has 0 saturated heterocycles. The lowest BCUT2D eigenvalue weighted by atomic mass is 9.35. The summed E-state index contributed by atoms with van der Waals surface area (Å²) in [5.41, 5.74) is 3.26. The fourth-order valence-corrected chi connectivity index (χ4v) is 12.9. The summed E-state index contributed by atoms with van der Waals surface area (Å²) in [6.07, 6.45) is 11.0. The SMILES string of the molecule is CC1(C)[C@@H](OC(=O)c2ccccc2C(=O)O)CC[C@]2(C)C3=C(CC[C@@H]12)[C@@]1(C)CC[C@@]2(C)CC[C@@](C)(COC(=O)c4ccccc4C(=O)O)C[C@H]2[C@]1(C)CC3. The first-order valence-electron chi connectivity index (χ1n) is 20.1. The molecule has 0 aromatic heterocycles. The highest BCUT2D eigenvalue weighted by molar-refractivity contribution is 6.03. The molecule has 2 N–H and O–H groups in total. The molecule has 5 aliphatic carbocycles. The number of benzene rings is 2. The first kappa shape index (κ1) is 38.3. The highest BCUT2D eigenvalue weighted by atomic mass is 16.5. The number of carboxylic acid groups (broad SMARTS) is 2. The standard InChI is InChI=1S/C46H58O8/c1-41(2)34-17-16-33-32(44(34,5)20-19-36(41)54-40(52)31-15-11-9-13-29(31)38(49)50)18-21-46(7)35-26-42(3,22-23-43(35,4)24-25-45(33,46)6)27-53-39(51)30-14-10-8-12-28(30)37(47)48/h8-15,34-36H,16-27H2,1-7H3,(H,47,48)(H,49,50)/t34-,35+,36-,42+,43+,44+,45+,46-/m0/s1. The maximum atomic E-state index is 13.5. The molecule has 0 unspecified atom stereocenters. The number of fused-ring (bicyclic) bond motifs is 6. The van der Waals surface area contributed by atoms with Gasteiger partial charge in [-0.25, -0.2) is 19.2 Å². The number of allylic oxidation sites excluding steroid dienone is 2. The number of carbonyl (C=O) groups is 4. The number of aromatic carboxylic acids is 2. The van der Waals surface area contributed by atoms with E-state index in [-0.39, 0.29) is 67.5 Å². The van der Waals surface area contributed by atoms with Gasteiger partial charge in [0.2, 0.25) is 0 Å². The van der Waals surface area contributed by atoms with Crippen LogP contribution in [-0.2, 0) is 9.47 Å². The van der Waals surface area contributed by atoms with Gasteiger partial charge >= 0.3 is 23.9 Å². The predicted molar refractivity (Wildman–Crippen MR) is 205 cm³/mol. The van der Waals surface area contributed by atoms with Gasteiger partial charge in [-0.05, 0) is 128 Å². The Bertz CT molecular complexity index is 1930. The van der Waals surface area contributed by atoms with E-state index in [0.717, 1.165) is 57.8 Å². The van der Waals surface area contributed by atoms with Crippen molar-refractivity contribution in [3.8, 4) is 0 Å². The molecule has 0 radical (unpaired) electrons. The summed E-state index contributed by atoms with van der Waals surface area (Å²) in [6.45, 7) is 17.1. The molecule has 2 aromatic carbocycles. The van der Waals surface area contributed by atoms with Gasteiger partial charge < -0.3 is 19.7 Å². The number of hydrogen-bond donors (Lipinski definition) is 2. The molecule has 0 spiro atoms. The molecule has 0 aliphatic heterocycles. The summed E-state index contributed by atoms with van der Waals surface area (Å²) in [5, 5.41) is 19.4. The topological polar surface area (TPSA) is 127 Å². The van der Waals surface area contributed by atoms with Gasteiger partial charge in [0.1, 0.15) is 6.10 Å². The summed E-state index contributed by atoms with van der Waals surface area (Å²) >= 11 is 0. The van der Waals surface area contributed by atoms with Gasteiger partial charge in [0.05, 0.1) is 28.9 Å². The molecule has 8 heteroatoms. The van der Waals surface area contributed by atoms with Crippen LogP contribution in [0.3, 0.4) is 0 Å². The van der Waals surface area contributed by atoms with Crippen molar-refractivity contribution in [1.82, 2.24) is 0 Å². The van der Waals surface area contributed by atoms with Crippen molar-refractivity contribution in [3.05, 3.63) is 81.9 Å². The maximum absolute atomic E-state index is 13.5. The molecule has 3 saturated carbocycles. The number of hydrogen-bond acceptors (Lipinski definition) is 6. The minimum atomic E-state index is -1.13. The normalized spacial score (nSPS) is 36.8. The molecule has 8 atom stereocenters. The Labute approximate surface area is 320 Å². The van der Waals surface area contributed by atoms with E-state index in [2.05, 4.69) is 48.5 Å². The van der Waals surface area contributed by atoms with Crippen molar-refractivity contribution in [3.63, 3.8) is 0 Å². The van der Waals surface area contributed by atoms with Crippen LogP contribution in [0.4, 0.5) is 0 Å². The molecule has 7 rings (SSSR count). The van der Waals surface area contributed by atoms with Crippen molar-refractivity contribution in [2.45, 2.75) is 125 Å². The number of esters is 2. The molecule has 290 valence electrons. The Morgan fingerprint density at radius 2 is 1.22 bits per heavy atom. The minimum Gasteiger partial charge on any atom is -0.478 e. The van der Waals surface area contributed by atoms with Crippen LogP contribution in [0.2, 0.25) is 0 Å². The number of rotatable bonds is 7. The largest absolute Gasteiger partial charge is 0.478 e. The Kier molecular flexibility index (Phi) is 9.29. The smallest absolute Gasteiger partial charge is 0.339 e. The Balaban J connectivity index is 1.12. The third-order valence-electron chi connectivity index (χ3n) is 16.3. The first-order chi connectivity index (χ1) is 25.3. The monoisotopic (exact) mass is 738 g/mol. The zero-order valence-electron chi connectivity index (χ0n) is 33.2. The van der Waals surface area contributed by atoms with Crippen LogP contribution in [0.25, 0.3) is 0 Å². The van der Waals surface area contributed by atoms with Crippen LogP contribution in [0.1, 0.15) is 161 Å². The van der Waals surface area contributed by atoms with Crippen LogP contribution < -0.4 is 0 Å². The lowest BCUT2D eigenvalue weighted by Gasteiger charge is -2.69. The van der Waals surface area contributed by atoms with E-state index >= 15 is 0 Å². The van der Waals surface area contributed by atoms with Gasteiger partial charge in [-0.1, -0.05) is 83.9 Å². The van der Waals surface area contributed by atoms with E-state index in [9.17, 15) is 29.4 Å². The van der Waals surface area contributed by atoms with Gasteiger partial charge in [-0.3, -0.25) is 0 Å². The van der Waals surface area contributed by atoms with Crippen molar-refractivity contribution >= 4 is 23.9 Å². The van der Waals surface area contributed by atoms with E-state index in [1.807, 2.05) is 0 Å². The van der Waals surface area contributed by atoms with Crippen molar-refractivity contribution < 1.29 is 38.9 Å². The third-order valence-corrected chi connectivity index (χ3v) is 16.3. The van der Waals surface area contributed by atoms with Gasteiger partial charge in [0.25, 0.3) is 0 Å². The molecule has 54 heavy (non-hydrogen) atoms. The maximum Gasteiger partial charge on any atom is 0.339 e. The second-order valence-corrected chi connectivity index (χ2v) is 19.5. The first-order valence-corrected chi connectivity index (χ1v) is 20.1. The third kappa shape index (κ3) is 5.83. The molecular formula is C46H58O8. The average molecular weight is 739 g/mol. The molecule has 8 nitrogen and oxygen atoms in total. The second kappa shape index (κ2) is 13.1. The van der Waals surface area contributed by atoms with Crippen molar-refractivity contribution in [1.29, 1.82) is 0 Å². The van der Waals surface area contributed by atoms with Crippen molar-refractivity contribution in [2.24, 2.45) is 44.3 Å². The Morgan fingerprint density at radius 1 is 0.648 bits per heavy atom. The number of carboxylic acids is 2. The van der Waals surface area contributed by atoms with Crippen LogP contribution in [0.15, 0.2) is 59.7 Å². The minimum absolute atomic E-state index is 0.00836. The van der Waals surface area contributed by atoms with Crippen LogP contribution in [0.5, 0.6) is 0 Å². The van der Waals surface area contributed by atoms with Crippen LogP contribution in [-0.4, -0.2) is 46.8 Å². The van der Waals surface area contributed by atoms with Gasteiger partial charge in [-0.2, -0.15) is 0 Å². The van der Waals surface area contributed by atoms with E-state index in [4.69, 9.17) is 9.47 Å². The van der Waals surface area contributed by atoms with Crippen molar-refractivity contribution in [2.75, 3.05) is 6.61 Å². The number of carbonyl (C=O) groups excluding carboxylic acids is 2. The summed E-state index contributed by atoms with van der Waals surface area (Å²) in [6, 6.07) is 12.6. The van der Waals surface area contributed by atoms with Gasteiger partial charge in [-0.15, -0.1) is 0 Å². The number of ether oxygens (including phenoxy) is 2. The zero-order chi connectivity index (χ0) is 39.1. The summed E-state index contributed by atoms with van der Waals surface area (Å²) < 4.78 is 12.2. The summed E-state index contributed by atoms with van der Waals surface area (Å²) in [5.74, 6) is -2.62. The molecular weight excluding hydrogens is 680 g/mol. The Hall–Kier alpha value is -3.94. The van der Waals surface area contributed by atoms with E-state index in [0.29, 0.717) is 11.8 Å². The lowest BCUT2D eigenvalue weighted by Crippen LogP contribution is -2.61. The molecule has 2 aromatic rings.